The molecule has 0 bridgehead atoms. The van der Waals surface area contributed by atoms with Crippen molar-refractivity contribution in [3.8, 4) is 0 Å². The van der Waals surface area contributed by atoms with Crippen LogP contribution >= 0.6 is 0 Å². The Hall–Kier alpha value is 1.54. The molecule has 0 aliphatic carbocycles. The summed E-state index contributed by atoms with van der Waals surface area (Å²) in [6, 6.07) is 0. The molecular formula is C2H4Na2O5S. The maximum Gasteiger partial charge on any atom is 0.348 e. The van der Waals surface area contributed by atoms with Crippen molar-refractivity contribution < 1.29 is 23.8 Å². The van der Waals surface area contributed by atoms with Crippen molar-refractivity contribution in [1.82, 2.24) is 0 Å². The molecule has 0 aromatic heterocycles. The van der Waals surface area contributed by atoms with Crippen molar-refractivity contribution in [3.63, 3.8) is 0 Å². The molecule has 0 aliphatic rings. The number of carboxylic acid groups (broad SMARTS) is 1. The van der Waals surface area contributed by atoms with Gasteiger partial charge in [-0.3, -0.25) is 0 Å². The normalized spacial score (nSPS) is 13.8. The van der Waals surface area contributed by atoms with Crippen LogP contribution in [0.5, 0.6) is 0 Å². The largest absolute Gasteiger partial charge is 0.479 e. The molecule has 0 rings (SSSR count). The number of aliphatic hydroxyl groups excluding tert-OH is 1. The topological polar surface area (TPSA) is 94.8 Å². The van der Waals surface area contributed by atoms with Gasteiger partial charge in [-0.25, -0.2) is 9.00 Å². The number of carbonyl (C=O) groups is 1. The average Bonchev–Trinajstić information content (AvgIpc) is 1.64. The molecule has 0 aliphatic heterocycles. The van der Waals surface area contributed by atoms with Crippen LogP contribution in [-0.2, 0) is 15.9 Å². The van der Waals surface area contributed by atoms with Gasteiger partial charge in [-0.15, -0.1) is 0 Å². The van der Waals surface area contributed by atoms with Crippen LogP contribution in [0.2, 0.25) is 0 Å². The van der Waals surface area contributed by atoms with Gasteiger partial charge in [0.15, 0.2) is 11.1 Å². The number of hydrogen-bond donors (Lipinski definition) is 3. The molecule has 0 spiro atoms. The molecule has 0 amide bonds. The van der Waals surface area contributed by atoms with Crippen LogP contribution < -0.4 is 0 Å². The third kappa shape index (κ3) is 7.64. The quantitative estimate of drug-likeness (QED) is 0.337. The molecule has 0 aromatic carbocycles. The van der Waals surface area contributed by atoms with E-state index in [2.05, 4.69) is 0 Å². The second-order valence-electron chi connectivity index (χ2n) is 0.967. The molecule has 2 atom stereocenters. The van der Waals surface area contributed by atoms with E-state index in [0.717, 1.165) is 0 Å². The van der Waals surface area contributed by atoms with E-state index in [9.17, 15) is 9.00 Å². The maximum atomic E-state index is 9.62. The summed E-state index contributed by atoms with van der Waals surface area (Å²) in [7, 11) is 0. The third-order valence-corrected chi connectivity index (χ3v) is 0.986. The third-order valence-electron chi connectivity index (χ3n) is 0.402. The summed E-state index contributed by atoms with van der Waals surface area (Å²) in [5.74, 6) is -1.70. The molecule has 2 radical (unpaired) electrons. The number of aliphatic hydroxyl groups is 1. The zero-order chi connectivity index (χ0) is 6.73. The van der Waals surface area contributed by atoms with Gasteiger partial charge in [0.25, 0.3) is 5.44 Å². The van der Waals surface area contributed by atoms with Gasteiger partial charge >= 0.3 is 5.97 Å². The Morgan fingerprint density at radius 3 is 1.70 bits per heavy atom. The van der Waals surface area contributed by atoms with E-state index in [1.807, 2.05) is 0 Å². The predicted molar refractivity (Wildman–Crippen MR) is 35.9 cm³/mol. The minimum absolute atomic E-state index is 0. The summed E-state index contributed by atoms with van der Waals surface area (Å²) in [6.45, 7) is 0. The predicted octanol–water partition coefficient (Wildman–Crippen LogP) is -2.15. The second-order valence-corrected chi connectivity index (χ2v) is 1.97. The van der Waals surface area contributed by atoms with Crippen LogP contribution in [-0.4, -0.2) is 89.5 Å². The van der Waals surface area contributed by atoms with Gasteiger partial charge in [0, 0.05) is 59.1 Å². The van der Waals surface area contributed by atoms with Gasteiger partial charge in [0.05, 0.1) is 0 Å². The molecule has 2 unspecified atom stereocenters. The van der Waals surface area contributed by atoms with E-state index >= 15 is 0 Å². The number of rotatable bonds is 2. The van der Waals surface area contributed by atoms with E-state index in [0.29, 0.717) is 0 Å². The van der Waals surface area contributed by atoms with Crippen LogP contribution in [0, 0.1) is 0 Å². The minimum atomic E-state index is -2.68. The van der Waals surface area contributed by atoms with Crippen molar-refractivity contribution in [3.05, 3.63) is 0 Å². The first kappa shape index (κ1) is 17.6. The van der Waals surface area contributed by atoms with Gasteiger partial charge in [-0.1, -0.05) is 0 Å². The Morgan fingerprint density at radius 1 is 1.40 bits per heavy atom. The van der Waals surface area contributed by atoms with Gasteiger partial charge < -0.3 is 14.8 Å². The molecule has 10 heavy (non-hydrogen) atoms. The summed E-state index contributed by atoms with van der Waals surface area (Å²) in [5.41, 5.74) is -2.19. The van der Waals surface area contributed by atoms with Crippen LogP contribution in [0.15, 0.2) is 0 Å². The van der Waals surface area contributed by atoms with Crippen molar-refractivity contribution >= 4 is 76.2 Å². The SMILES string of the molecule is O=C(O)C(O)S(=O)O.[Na].[Na]. The van der Waals surface area contributed by atoms with Gasteiger partial charge in [-0.2, -0.15) is 0 Å². The molecule has 50 valence electrons. The number of carboxylic acids is 1. The summed E-state index contributed by atoms with van der Waals surface area (Å²) >= 11 is -2.68. The maximum absolute atomic E-state index is 9.62. The minimum Gasteiger partial charge on any atom is -0.479 e. The van der Waals surface area contributed by atoms with E-state index in [1.54, 1.807) is 0 Å². The van der Waals surface area contributed by atoms with E-state index < -0.39 is 22.5 Å². The fourth-order valence-corrected chi connectivity index (χ4v) is 0.259. The summed E-state index contributed by atoms with van der Waals surface area (Å²) in [5, 5.41) is 15.8. The Labute approximate surface area is 104 Å². The molecule has 0 aromatic rings. The van der Waals surface area contributed by atoms with Gasteiger partial charge in [-0.05, 0) is 0 Å². The molecule has 3 N–H and O–H groups in total. The van der Waals surface area contributed by atoms with E-state index in [1.165, 1.54) is 0 Å². The molecule has 0 saturated heterocycles. The summed E-state index contributed by atoms with van der Waals surface area (Å²) in [4.78, 5) is 9.54. The van der Waals surface area contributed by atoms with Crippen molar-refractivity contribution in [1.29, 1.82) is 0 Å². The first-order valence-corrected chi connectivity index (χ1v) is 2.73. The second kappa shape index (κ2) is 8.63. The molecule has 0 saturated carbocycles. The fourth-order valence-electron chi connectivity index (χ4n) is 0.0862. The Bertz CT molecular complexity index is 113. The number of hydrogen-bond acceptors (Lipinski definition) is 3. The van der Waals surface area contributed by atoms with Crippen LogP contribution in [0.4, 0.5) is 0 Å². The standard InChI is InChI=1S/C2H4O5S.2Na/c3-1(4)2(5)8(6)7;;/h2,5H,(H,3,4)(H,6,7);;. The molecular weight excluding hydrogens is 182 g/mol. The van der Waals surface area contributed by atoms with Crippen molar-refractivity contribution in [2.45, 2.75) is 5.44 Å². The Morgan fingerprint density at radius 2 is 1.70 bits per heavy atom. The van der Waals surface area contributed by atoms with Crippen molar-refractivity contribution in [2.24, 2.45) is 0 Å². The van der Waals surface area contributed by atoms with Gasteiger partial charge in [0.2, 0.25) is 0 Å². The molecule has 8 heteroatoms. The molecule has 0 fully saturated rings. The Balaban J connectivity index is -0.000000245. The van der Waals surface area contributed by atoms with E-state index in [4.69, 9.17) is 14.8 Å². The number of aliphatic carboxylic acids is 1. The zero-order valence-electron chi connectivity index (χ0n) is 5.64. The molecule has 0 heterocycles. The monoisotopic (exact) mass is 186 g/mol. The van der Waals surface area contributed by atoms with Crippen molar-refractivity contribution in [2.75, 3.05) is 0 Å². The molecule has 5 nitrogen and oxygen atoms in total. The summed E-state index contributed by atoms with van der Waals surface area (Å²) in [6.07, 6.45) is 0. The Kier molecular flexibility index (Phi) is 15.2. The van der Waals surface area contributed by atoms with E-state index in [-0.39, 0.29) is 59.1 Å². The first-order chi connectivity index (χ1) is 3.55. The van der Waals surface area contributed by atoms with Crippen LogP contribution in [0.3, 0.4) is 0 Å². The van der Waals surface area contributed by atoms with Crippen LogP contribution in [0.25, 0.3) is 0 Å². The summed E-state index contributed by atoms with van der Waals surface area (Å²) < 4.78 is 17.5. The zero-order valence-corrected chi connectivity index (χ0v) is 10.5. The average molecular weight is 186 g/mol. The first-order valence-electron chi connectivity index (χ1n) is 1.56. The fraction of sp³-hybridized carbons (Fsp3) is 0.500. The van der Waals surface area contributed by atoms with Gasteiger partial charge in [0.1, 0.15) is 0 Å². The smallest absolute Gasteiger partial charge is 0.348 e. The van der Waals surface area contributed by atoms with Crippen LogP contribution in [0.1, 0.15) is 0 Å².